The van der Waals surface area contributed by atoms with Crippen LogP contribution >= 0.6 is 11.6 Å². The summed E-state index contributed by atoms with van der Waals surface area (Å²) in [6, 6.07) is 15.1. The SMILES string of the molecule is COc1cc(C(=O)/C=C/c2ccc(COc3ccccc3Cl)o2)ccc1O. The van der Waals surface area contributed by atoms with Gasteiger partial charge in [-0.2, -0.15) is 0 Å². The van der Waals surface area contributed by atoms with Crippen molar-refractivity contribution in [3.05, 3.63) is 82.8 Å². The predicted molar refractivity (Wildman–Crippen MR) is 103 cm³/mol. The molecular formula is C21H17ClO5. The van der Waals surface area contributed by atoms with Crippen LogP contribution in [0.1, 0.15) is 21.9 Å². The molecule has 0 aliphatic rings. The number of phenols is 1. The fourth-order valence-corrected chi connectivity index (χ4v) is 2.55. The Morgan fingerprint density at radius 2 is 1.96 bits per heavy atom. The van der Waals surface area contributed by atoms with Crippen molar-refractivity contribution in [1.29, 1.82) is 0 Å². The fraction of sp³-hybridized carbons (Fsp3) is 0.0952. The third-order valence-electron chi connectivity index (χ3n) is 3.75. The van der Waals surface area contributed by atoms with E-state index in [2.05, 4.69) is 0 Å². The molecule has 3 rings (SSSR count). The van der Waals surface area contributed by atoms with Gasteiger partial charge in [0.05, 0.1) is 12.1 Å². The molecule has 1 heterocycles. The Labute approximate surface area is 161 Å². The number of aromatic hydroxyl groups is 1. The predicted octanol–water partition coefficient (Wildman–Crippen LogP) is 5.12. The fourth-order valence-electron chi connectivity index (χ4n) is 2.36. The average Bonchev–Trinajstić information content (AvgIpc) is 3.14. The molecule has 0 aliphatic heterocycles. The molecule has 0 spiro atoms. The number of phenolic OH excluding ortho intramolecular Hbond substituents is 1. The second-order valence-electron chi connectivity index (χ2n) is 5.61. The summed E-state index contributed by atoms with van der Waals surface area (Å²) in [4.78, 5) is 12.2. The van der Waals surface area contributed by atoms with Gasteiger partial charge in [0.1, 0.15) is 23.9 Å². The van der Waals surface area contributed by atoms with Crippen molar-refractivity contribution in [2.24, 2.45) is 0 Å². The highest BCUT2D eigenvalue weighted by Gasteiger charge is 2.08. The van der Waals surface area contributed by atoms with Gasteiger partial charge in [0, 0.05) is 5.56 Å². The molecule has 1 aromatic heterocycles. The minimum atomic E-state index is -0.237. The summed E-state index contributed by atoms with van der Waals surface area (Å²) in [6.07, 6.45) is 2.96. The number of methoxy groups -OCH3 is 1. The lowest BCUT2D eigenvalue weighted by molar-refractivity contribution is 0.104. The van der Waals surface area contributed by atoms with Crippen LogP contribution in [0.3, 0.4) is 0 Å². The molecule has 1 N–H and O–H groups in total. The van der Waals surface area contributed by atoms with E-state index in [1.54, 1.807) is 30.3 Å². The van der Waals surface area contributed by atoms with Crippen LogP contribution in [0.4, 0.5) is 0 Å². The topological polar surface area (TPSA) is 68.9 Å². The molecular weight excluding hydrogens is 368 g/mol. The van der Waals surface area contributed by atoms with Crippen LogP contribution in [-0.4, -0.2) is 18.0 Å². The van der Waals surface area contributed by atoms with E-state index in [1.165, 1.54) is 31.4 Å². The van der Waals surface area contributed by atoms with Gasteiger partial charge in [-0.1, -0.05) is 23.7 Å². The largest absolute Gasteiger partial charge is 0.504 e. The van der Waals surface area contributed by atoms with Crippen LogP contribution in [0.2, 0.25) is 5.02 Å². The molecule has 0 fully saturated rings. The van der Waals surface area contributed by atoms with Gasteiger partial charge < -0.3 is 19.0 Å². The number of furan rings is 1. The van der Waals surface area contributed by atoms with Gasteiger partial charge >= 0.3 is 0 Å². The number of carbonyl (C=O) groups excluding carboxylic acids is 1. The maximum absolute atomic E-state index is 12.2. The summed E-state index contributed by atoms with van der Waals surface area (Å²) in [6.45, 7) is 0.223. The lowest BCUT2D eigenvalue weighted by atomic mass is 10.1. The van der Waals surface area contributed by atoms with Crippen molar-refractivity contribution in [1.82, 2.24) is 0 Å². The molecule has 0 amide bonds. The first kappa shape index (κ1) is 18.6. The van der Waals surface area contributed by atoms with E-state index < -0.39 is 0 Å². The minimum absolute atomic E-state index is 0.0211. The van der Waals surface area contributed by atoms with E-state index in [1.807, 2.05) is 12.1 Å². The molecule has 0 saturated carbocycles. The summed E-state index contributed by atoms with van der Waals surface area (Å²) >= 11 is 6.04. The average molecular weight is 385 g/mol. The quantitative estimate of drug-likeness (QED) is 0.452. The Balaban J connectivity index is 1.63. The number of halogens is 1. The number of hydrogen-bond donors (Lipinski definition) is 1. The molecule has 138 valence electrons. The lowest BCUT2D eigenvalue weighted by Gasteiger charge is -2.05. The molecule has 6 heteroatoms. The highest BCUT2D eigenvalue weighted by Crippen LogP contribution is 2.27. The molecule has 0 unspecified atom stereocenters. The number of para-hydroxylation sites is 1. The molecule has 0 atom stereocenters. The normalized spacial score (nSPS) is 10.9. The van der Waals surface area contributed by atoms with Crippen LogP contribution in [0, 0.1) is 0 Å². The Hall–Kier alpha value is -3.18. The first-order valence-corrected chi connectivity index (χ1v) is 8.50. The van der Waals surface area contributed by atoms with Gasteiger partial charge in [-0.05, 0) is 54.6 Å². The van der Waals surface area contributed by atoms with E-state index in [-0.39, 0.29) is 23.9 Å². The van der Waals surface area contributed by atoms with Gasteiger partial charge in [-0.15, -0.1) is 0 Å². The third-order valence-corrected chi connectivity index (χ3v) is 4.06. The molecule has 3 aromatic rings. The number of allylic oxidation sites excluding steroid dienone is 1. The first-order valence-electron chi connectivity index (χ1n) is 8.12. The number of benzene rings is 2. The summed E-state index contributed by atoms with van der Waals surface area (Å²) in [5.41, 5.74) is 0.398. The van der Waals surface area contributed by atoms with Gasteiger partial charge in [0.25, 0.3) is 0 Å². The minimum Gasteiger partial charge on any atom is -0.504 e. The van der Waals surface area contributed by atoms with E-state index in [0.717, 1.165) is 0 Å². The summed E-state index contributed by atoms with van der Waals surface area (Å²) in [5.74, 6) is 1.68. The monoisotopic (exact) mass is 384 g/mol. The third kappa shape index (κ3) is 4.71. The zero-order valence-corrected chi connectivity index (χ0v) is 15.3. The van der Waals surface area contributed by atoms with Crippen LogP contribution in [0.25, 0.3) is 6.08 Å². The van der Waals surface area contributed by atoms with Crippen LogP contribution in [0.5, 0.6) is 17.2 Å². The number of rotatable bonds is 7. The van der Waals surface area contributed by atoms with Crippen molar-refractivity contribution in [3.8, 4) is 17.2 Å². The summed E-state index contributed by atoms with van der Waals surface area (Å²) in [7, 11) is 1.42. The lowest BCUT2D eigenvalue weighted by Crippen LogP contribution is -1.95. The summed E-state index contributed by atoms with van der Waals surface area (Å²) < 4.78 is 16.2. The highest BCUT2D eigenvalue weighted by molar-refractivity contribution is 6.32. The number of ether oxygens (including phenoxy) is 2. The van der Waals surface area contributed by atoms with Gasteiger partial charge in [0.2, 0.25) is 0 Å². The van der Waals surface area contributed by atoms with Gasteiger partial charge in [-0.25, -0.2) is 0 Å². The maximum atomic E-state index is 12.2. The van der Waals surface area contributed by atoms with Crippen molar-refractivity contribution < 1.29 is 23.8 Å². The number of ketones is 1. The van der Waals surface area contributed by atoms with E-state index in [4.69, 9.17) is 25.5 Å². The smallest absolute Gasteiger partial charge is 0.186 e. The molecule has 0 bridgehead atoms. The standard InChI is InChI=1S/C21H17ClO5/c1-25-21-12-14(6-10-19(21)24)18(23)11-9-15-7-8-16(27-15)13-26-20-5-3-2-4-17(20)22/h2-12,24H,13H2,1H3/b11-9+. The van der Waals surface area contributed by atoms with E-state index in [0.29, 0.717) is 27.9 Å². The highest BCUT2D eigenvalue weighted by atomic mass is 35.5. The molecule has 2 aromatic carbocycles. The Kier molecular flexibility index (Phi) is 5.84. The van der Waals surface area contributed by atoms with Crippen LogP contribution < -0.4 is 9.47 Å². The van der Waals surface area contributed by atoms with Crippen LogP contribution in [0.15, 0.2) is 65.1 Å². The summed E-state index contributed by atoms with van der Waals surface area (Å²) in [5, 5.41) is 10.1. The van der Waals surface area contributed by atoms with Crippen LogP contribution in [-0.2, 0) is 6.61 Å². The molecule has 27 heavy (non-hydrogen) atoms. The van der Waals surface area contributed by atoms with Crippen molar-refractivity contribution in [2.75, 3.05) is 7.11 Å². The van der Waals surface area contributed by atoms with Crippen molar-refractivity contribution in [2.45, 2.75) is 6.61 Å². The van der Waals surface area contributed by atoms with Gasteiger partial charge in [-0.3, -0.25) is 4.79 Å². The number of hydrogen-bond acceptors (Lipinski definition) is 5. The van der Waals surface area contributed by atoms with Crippen molar-refractivity contribution >= 4 is 23.5 Å². The Bertz CT molecular complexity index is 974. The van der Waals surface area contributed by atoms with Crippen molar-refractivity contribution in [3.63, 3.8) is 0 Å². The Morgan fingerprint density at radius 1 is 1.15 bits per heavy atom. The zero-order chi connectivity index (χ0) is 19.2. The first-order chi connectivity index (χ1) is 13.1. The number of carbonyl (C=O) groups is 1. The molecule has 0 radical (unpaired) electrons. The second-order valence-corrected chi connectivity index (χ2v) is 6.01. The molecule has 0 aliphatic carbocycles. The van der Waals surface area contributed by atoms with E-state index in [9.17, 15) is 9.90 Å². The Morgan fingerprint density at radius 3 is 2.74 bits per heavy atom. The maximum Gasteiger partial charge on any atom is 0.186 e. The van der Waals surface area contributed by atoms with Gasteiger partial charge in [0.15, 0.2) is 17.3 Å². The van der Waals surface area contributed by atoms with E-state index >= 15 is 0 Å². The molecule has 0 saturated heterocycles. The zero-order valence-electron chi connectivity index (χ0n) is 14.5. The molecule has 5 nitrogen and oxygen atoms in total. The second kappa shape index (κ2) is 8.47.